The maximum absolute atomic E-state index is 15.5. The van der Waals surface area contributed by atoms with Gasteiger partial charge in [0.25, 0.3) is 0 Å². The molecule has 1 aliphatic heterocycles. The third-order valence-corrected chi connectivity index (χ3v) is 8.05. The van der Waals surface area contributed by atoms with E-state index < -0.39 is 43.1 Å². The van der Waals surface area contributed by atoms with E-state index in [0.717, 1.165) is 12.1 Å². The molecular weight excluding hydrogens is 404 g/mol. The first-order valence-electron chi connectivity index (χ1n) is 9.26. The summed E-state index contributed by atoms with van der Waals surface area (Å²) in [7, 11) is -4.46. The molecule has 160 valence electrons. The minimum atomic E-state index is -4.46. The number of carbonyl (C=O) groups excluding carboxylic acids is 1. The van der Waals surface area contributed by atoms with Crippen molar-refractivity contribution in [1.29, 1.82) is 0 Å². The predicted octanol–water partition coefficient (Wildman–Crippen LogP) is 3.19. The van der Waals surface area contributed by atoms with Gasteiger partial charge in [-0.2, -0.15) is 0 Å². The monoisotopic (exact) mass is 429 g/mol. The highest BCUT2D eigenvalue weighted by molar-refractivity contribution is 7.94. The molecule has 10 heteroatoms. The quantitative estimate of drug-likeness (QED) is 0.666. The van der Waals surface area contributed by atoms with Gasteiger partial charge in [0, 0.05) is 11.3 Å². The number of ether oxygens (including phenoxy) is 1. The zero-order valence-corrected chi connectivity index (χ0v) is 17.6. The van der Waals surface area contributed by atoms with Crippen LogP contribution >= 0.6 is 0 Å². The molecule has 0 unspecified atom stereocenters. The Labute approximate surface area is 168 Å². The molecule has 3 rings (SSSR count). The first kappa shape index (κ1) is 21.5. The van der Waals surface area contributed by atoms with Crippen molar-refractivity contribution in [2.45, 2.75) is 68.3 Å². The molecule has 1 saturated carbocycles. The molecule has 2 atom stereocenters. The van der Waals surface area contributed by atoms with Crippen LogP contribution in [0.3, 0.4) is 0 Å². The van der Waals surface area contributed by atoms with Crippen molar-refractivity contribution in [1.82, 2.24) is 5.32 Å². The van der Waals surface area contributed by atoms with Crippen LogP contribution < -0.4 is 11.1 Å². The number of hydrogen-bond donors (Lipinski definition) is 2. The maximum Gasteiger partial charge on any atom is 0.413 e. The minimum Gasteiger partial charge on any atom is -0.444 e. The van der Waals surface area contributed by atoms with Gasteiger partial charge in [-0.1, -0.05) is 0 Å². The van der Waals surface area contributed by atoms with E-state index in [1.54, 1.807) is 20.8 Å². The number of sulfone groups is 1. The summed E-state index contributed by atoms with van der Waals surface area (Å²) >= 11 is 0. The van der Waals surface area contributed by atoms with Crippen LogP contribution in [-0.4, -0.2) is 36.2 Å². The number of aliphatic imine (C=N–C) groups is 1. The first-order valence-corrected chi connectivity index (χ1v) is 10.8. The normalized spacial score (nSPS) is 27.7. The van der Waals surface area contributed by atoms with E-state index in [4.69, 9.17) is 10.5 Å². The Morgan fingerprint density at radius 1 is 1.34 bits per heavy atom. The third-order valence-electron chi connectivity index (χ3n) is 5.35. The molecule has 0 aromatic heterocycles. The molecule has 2 aliphatic rings. The molecule has 1 heterocycles. The lowest BCUT2D eigenvalue weighted by atomic mass is 9.81. The second-order valence-corrected chi connectivity index (χ2v) is 11.0. The van der Waals surface area contributed by atoms with Crippen LogP contribution in [0.25, 0.3) is 0 Å². The number of alkyl halides is 1. The zero-order valence-electron chi connectivity index (χ0n) is 16.8. The smallest absolute Gasteiger partial charge is 0.413 e. The van der Waals surface area contributed by atoms with Crippen LogP contribution in [0.4, 0.5) is 19.3 Å². The number of anilines is 1. The highest BCUT2D eigenvalue weighted by Crippen LogP contribution is 2.51. The number of nitrogen functional groups attached to an aromatic ring is 1. The standard InChI is InChI=1S/C19H25F2N3O4S/c1-17(2,3)28-16(25)23-15-19(8-5-9-19)29(26,27)14(21)18(4,24-15)12-10-11(22)6-7-13(12)20/h6-7,10,14H,5,8-9,22H2,1-4H3,(H,23,24,25)/t14-,18+/m0/s1. The summed E-state index contributed by atoms with van der Waals surface area (Å²) in [6.45, 7) is 6.12. The lowest BCUT2D eigenvalue weighted by Gasteiger charge is -2.49. The Bertz CT molecular complexity index is 984. The average Bonchev–Trinajstić information content (AvgIpc) is 2.51. The number of alkyl carbamates (subject to hydrolysis) is 1. The molecule has 1 fully saturated rings. The van der Waals surface area contributed by atoms with Crippen LogP contribution in [0.5, 0.6) is 0 Å². The summed E-state index contributed by atoms with van der Waals surface area (Å²) in [4.78, 5) is 16.6. The molecule has 29 heavy (non-hydrogen) atoms. The number of nitrogens with zero attached hydrogens (tertiary/aromatic N) is 1. The van der Waals surface area contributed by atoms with E-state index in [0.29, 0.717) is 6.42 Å². The Balaban J connectivity index is 2.16. The van der Waals surface area contributed by atoms with Gasteiger partial charge < -0.3 is 10.5 Å². The van der Waals surface area contributed by atoms with E-state index in [2.05, 4.69) is 10.3 Å². The Kier molecular flexibility index (Phi) is 4.92. The second kappa shape index (κ2) is 6.65. The van der Waals surface area contributed by atoms with E-state index in [-0.39, 0.29) is 29.9 Å². The van der Waals surface area contributed by atoms with E-state index >= 15 is 4.39 Å². The number of amides is 1. The molecule has 1 spiro atoms. The SMILES string of the molecule is CC(C)(C)OC(=O)NC1=N[C@](C)(c2cc(N)ccc2F)[C@@H](F)S(=O)(=O)C12CCC2. The fourth-order valence-electron chi connectivity index (χ4n) is 3.69. The summed E-state index contributed by atoms with van der Waals surface area (Å²) in [6, 6.07) is 3.47. The molecule has 1 aromatic carbocycles. The van der Waals surface area contributed by atoms with Crippen LogP contribution in [0, 0.1) is 5.82 Å². The van der Waals surface area contributed by atoms with Crippen molar-refractivity contribution in [3.63, 3.8) is 0 Å². The minimum absolute atomic E-state index is 0.111. The molecule has 0 bridgehead atoms. The van der Waals surface area contributed by atoms with E-state index in [9.17, 15) is 17.6 Å². The number of benzene rings is 1. The van der Waals surface area contributed by atoms with Crippen molar-refractivity contribution in [3.8, 4) is 0 Å². The average molecular weight is 429 g/mol. The highest BCUT2D eigenvalue weighted by Gasteiger charge is 2.65. The number of halogens is 2. The second-order valence-electron chi connectivity index (χ2n) is 8.68. The summed E-state index contributed by atoms with van der Waals surface area (Å²) in [6.07, 6.45) is -0.158. The molecule has 7 nitrogen and oxygen atoms in total. The molecule has 0 radical (unpaired) electrons. The van der Waals surface area contributed by atoms with Gasteiger partial charge in [-0.3, -0.25) is 10.3 Å². The molecule has 1 aromatic rings. The van der Waals surface area contributed by atoms with Crippen LogP contribution in [0.2, 0.25) is 0 Å². The van der Waals surface area contributed by atoms with Crippen molar-refractivity contribution in [3.05, 3.63) is 29.6 Å². The van der Waals surface area contributed by atoms with Gasteiger partial charge in [-0.05, 0) is 65.2 Å². The van der Waals surface area contributed by atoms with Gasteiger partial charge in [0.1, 0.15) is 27.5 Å². The van der Waals surface area contributed by atoms with Gasteiger partial charge in [-0.25, -0.2) is 22.0 Å². The molecule has 1 amide bonds. The van der Waals surface area contributed by atoms with Crippen molar-refractivity contribution < 1.29 is 26.7 Å². The number of nitrogens with two attached hydrogens (primary N) is 1. The number of hydrogen-bond acceptors (Lipinski definition) is 6. The fraction of sp³-hybridized carbons (Fsp3) is 0.579. The molecular formula is C19H25F2N3O4S. The van der Waals surface area contributed by atoms with Crippen LogP contribution in [0.15, 0.2) is 23.2 Å². The zero-order chi connectivity index (χ0) is 21.8. The lowest BCUT2D eigenvalue weighted by molar-refractivity contribution is 0.0558. The lowest BCUT2D eigenvalue weighted by Crippen LogP contribution is -2.66. The highest BCUT2D eigenvalue weighted by atomic mass is 32.2. The third kappa shape index (κ3) is 3.37. The summed E-state index contributed by atoms with van der Waals surface area (Å²) in [5.41, 5.74) is 0.0755. The Morgan fingerprint density at radius 3 is 2.48 bits per heavy atom. The number of nitrogens with one attached hydrogen (secondary N) is 1. The largest absolute Gasteiger partial charge is 0.444 e. The fourth-order valence-corrected chi connectivity index (χ4v) is 6.10. The Morgan fingerprint density at radius 2 is 1.97 bits per heavy atom. The summed E-state index contributed by atoms with van der Waals surface area (Å²) in [5.74, 6) is -1.07. The summed E-state index contributed by atoms with van der Waals surface area (Å²) in [5, 5.41) is 2.39. The van der Waals surface area contributed by atoms with Crippen molar-refractivity contribution in [2.24, 2.45) is 4.99 Å². The van der Waals surface area contributed by atoms with Crippen LogP contribution in [-0.2, 0) is 20.1 Å². The van der Waals surface area contributed by atoms with Gasteiger partial charge in [0.2, 0.25) is 5.50 Å². The first-order chi connectivity index (χ1) is 13.2. The number of amidine groups is 1. The maximum atomic E-state index is 15.5. The van der Waals surface area contributed by atoms with Gasteiger partial charge in [-0.15, -0.1) is 0 Å². The van der Waals surface area contributed by atoms with Gasteiger partial charge in [0.05, 0.1) is 0 Å². The Hall–Kier alpha value is -2.23. The van der Waals surface area contributed by atoms with E-state index in [1.807, 2.05) is 0 Å². The van der Waals surface area contributed by atoms with Crippen molar-refractivity contribution >= 4 is 27.5 Å². The number of rotatable bonds is 1. The van der Waals surface area contributed by atoms with Gasteiger partial charge >= 0.3 is 6.09 Å². The van der Waals surface area contributed by atoms with Crippen molar-refractivity contribution in [2.75, 3.05) is 5.73 Å². The summed E-state index contributed by atoms with van der Waals surface area (Å²) < 4.78 is 59.9. The van der Waals surface area contributed by atoms with Crippen LogP contribution in [0.1, 0.15) is 52.5 Å². The van der Waals surface area contributed by atoms with E-state index in [1.165, 1.54) is 13.0 Å². The molecule has 3 N–H and O–H groups in total. The molecule has 1 aliphatic carbocycles. The predicted molar refractivity (Wildman–Crippen MR) is 105 cm³/mol. The molecule has 0 saturated heterocycles. The van der Waals surface area contributed by atoms with Gasteiger partial charge in [0.15, 0.2) is 9.84 Å². The topological polar surface area (TPSA) is 111 Å². The number of carbonyl (C=O) groups is 1.